The van der Waals surface area contributed by atoms with Crippen molar-refractivity contribution in [2.75, 3.05) is 13.6 Å². The second kappa shape index (κ2) is 4.49. The third-order valence-electron chi connectivity index (χ3n) is 3.19. The lowest BCUT2D eigenvalue weighted by molar-refractivity contribution is 0.0635. The van der Waals surface area contributed by atoms with Crippen LogP contribution in [-0.2, 0) is 7.05 Å². The van der Waals surface area contributed by atoms with Crippen LogP contribution in [0.3, 0.4) is 0 Å². The molecule has 17 heavy (non-hydrogen) atoms. The third-order valence-corrected chi connectivity index (χ3v) is 3.19. The molecule has 0 radical (unpaired) electrons. The molecule has 0 spiro atoms. The van der Waals surface area contributed by atoms with E-state index in [9.17, 15) is 9.90 Å². The van der Waals surface area contributed by atoms with Crippen LogP contribution < -0.4 is 0 Å². The van der Waals surface area contributed by atoms with Gasteiger partial charge in [-0.3, -0.25) is 9.48 Å². The van der Waals surface area contributed by atoms with E-state index >= 15 is 0 Å². The van der Waals surface area contributed by atoms with E-state index in [2.05, 4.69) is 5.10 Å². The van der Waals surface area contributed by atoms with Crippen LogP contribution in [0.2, 0.25) is 0 Å². The Morgan fingerprint density at radius 3 is 2.82 bits per heavy atom. The Morgan fingerprint density at radius 1 is 1.71 bits per heavy atom. The molecule has 1 fully saturated rings. The van der Waals surface area contributed by atoms with E-state index in [4.69, 9.17) is 0 Å². The topological polar surface area (TPSA) is 58.4 Å². The van der Waals surface area contributed by atoms with Gasteiger partial charge in [0.15, 0.2) is 0 Å². The average molecular weight is 237 g/mol. The van der Waals surface area contributed by atoms with Gasteiger partial charge in [0.1, 0.15) is 5.69 Å². The van der Waals surface area contributed by atoms with Crippen LogP contribution in [0.4, 0.5) is 0 Å². The van der Waals surface area contributed by atoms with E-state index in [0.717, 1.165) is 18.5 Å². The lowest BCUT2D eigenvalue weighted by Gasteiger charge is -2.20. The van der Waals surface area contributed by atoms with Gasteiger partial charge in [0.05, 0.1) is 11.8 Å². The SMILES string of the molecule is Cc1cc(C(=O)N(C)CC(O)C2CC2)n(C)n1. The minimum Gasteiger partial charge on any atom is -0.391 e. The quantitative estimate of drug-likeness (QED) is 0.833. The van der Waals surface area contributed by atoms with Gasteiger partial charge in [-0.2, -0.15) is 5.10 Å². The van der Waals surface area contributed by atoms with Gasteiger partial charge < -0.3 is 10.0 Å². The van der Waals surface area contributed by atoms with Crippen LogP contribution in [-0.4, -0.2) is 45.4 Å². The van der Waals surface area contributed by atoms with Crippen LogP contribution in [0, 0.1) is 12.8 Å². The molecule has 1 aromatic heterocycles. The highest BCUT2D eigenvalue weighted by Gasteiger charge is 2.31. The molecule has 5 nitrogen and oxygen atoms in total. The number of aliphatic hydroxyl groups is 1. The van der Waals surface area contributed by atoms with Gasteiger partial charge in [0, 0.05) is 20.6 Å². The fraction of sp³-hybridized carbons (Fsp3) is 0.667. The molecule has 0 aromatic carbocycles. The van der Waals surface area contributed by atoms with Crippen molar-refractivity contribution in [3.63, 3.8) is 0 Å². The molecule has 1 heterocycles. The third kappa shape index (κ3) is 2.66. The van der Waals surface area contributed by atoms with Gasteiger partial charge in [-0.15, -0.1) is 0 Å². The molecule has 0 aliphatic heterocycles. The minimum absolute atomic E-state index is 0.0900. The molecule has 94 valence electrons. The fourth-order valence-corrected chi connectivity index (χ4v) is 2.00. The van der Waals surface area contributed by atoms with Gasteiger partial charge >= 0.3 is 0 Å². The number of hydrogen-bond donors (Lipinski definition) is 1. The zero-order chi connectivity index (χ0) is 12.6. The molecule has 1 atom stereocenters. The Hall–Kier alpha value is -1.36. The van der Waals surface area contributed by atoms with Crippen LogP contribution in [0.5, 0.6) is 0 Å². The van der Waals surface area contributed by atoms with E-state index < -0.39 is 6.10 Å². The summed E-state index contributed by atoms with van der Waals surface area (Å²) in [5.41, 5.74) is 1.39. The second-order valence-electron chi connectivity index (χ2n) is 4.89. The summed E-state index contributed by atoms with van der Waals surface area (Å²) in [7, 11) is 3.47. The number of carbonyl (C=O) groups excluding carboxylic acids is 1. The number of carbonyl (C=O) groups is 1. The van der Waals surface area contributed by atoms with Crippen LogP contribution >= 0.6 is 0 Å². The number of rotatable bonds is 4. The Labute approximate surface area is 101 Å². The number of aromatic nitrogens is 2. The van der Waals surface area contributed by atoms with Crippen LogP contribution in [0.1, 0.15) is 29.0 Å². The summed E-state index contributed by atoms with van der Waals surface area (Å²) in [5, 5.41) is 14.0. The van der Waals surface area contributed by atoms with E-state index in [1.54, 1.807) is 29.7 Å². The van der Waals surface area contributed by atoms with Crippen molar-refractivity contribution in [3.8, 4) is 0 Å². The molecule has 1 saturated carbocycles. The molecular weight excluding hydrogens is 218 g/mol. The van der Waals surface area contributed by atoms with Crippen molar-refractivity contribution in [2.45, 2.75) is 25.9 Å². The van der Waals surface area contributed by atoms with Gasteiger partial charge in [0.25, 0.3) is 5.91 Å². The normalized spacial score (nSPS) is 16.9. The van der Waals surface area contributed by atoms with Gasteiger partial charge in [-0.05, 0) is 31.7 Å². The summed E-state index contributed by atoms with van der Waals surface area (Å²) < 4.78 is 1.58. The maximum atomic E-state index is 12.1. The molecular formula is C12H19N3O2. The van der Waals surface area contributed by atoms with Gasteiger partial charge in [-0.1, -0.05) is 0 Å². The predicted molar refractivity (Wildman–Crippen MR) is 63.6 cm³/mol. The summed E-state index contributed by atoms with van der Waals surface area (Å²) in [6.45, 7) is 2.25. The van der Waals surface area contributed by atoms with E-state index in [0.29, 0.717) is 18.2 Å². The Kier molecular flexibility index (Phi) is 3.19. The second-order valence-corrected chi connectivity index (χ2v) is 4.89. The highest BCUT2D eigenvalue weighted by Crippen LogP contribution is 2.32. The monoisotopic (exact) mass is 237 g/mol. The first-order valence-electron chi connectivity index (χ1n) is 5.93. The zero-order valence-corrected chi connectivity index (χ0v) is 10.6. The zero-order valence-electron chi connectivity index (χ0n) is 10.6. The number of nitrogens with zero attached hydrogens (tertiary/aromatic N) is 3. The number of hydrogen-bond acceptors (Lipinski definition) is 3. The Bertz CT molecular complexity index is 423. The molecule has 1 aromatic rings. The fourth-order valence-electron chi connectivity index (χ4n) is 2.00. The maximum Gasteiger partial charge on any atom is 0.271 e. The van der Waals surface area contributed by atoms with Crippen molar-refractivity contribution < 1.29 is 9.90 Å². The van der Waals surface area contributed by atoms with Gasteiger partial charge in [-0.25, -0.2) is 0 Å². The summed E-state index contributed by atoms with van der Waals surface area (Å²) >= 11 is 0. The number of aryl methyl sites for hydroxylation is 2. The molecule has 0 bridgehead atoms. The van der Waals surface area contributed by atoms with E-state index in [-0.39, 0.29) is 5.91 Å². The highest BCUT2D eigenvalue weighted by atomic mass is 16.3. The van der Waals surface area contributed by atoms with Gasteiger partial charge in [0.2, 0.25) is 0 Å². The first kappa shape index (κ1) is 12.1. The van der Waals surface area contributed by atoms with E-state index in [1.807, 2.05) is 6.92 Å². The molecule has 2 rings (SSSR count). The molecule has 1 unspecified atom stereocenters. The standard InChI is InChI=1S/C12H19N3O2/c1-8-6-10(15(3)13-8)12(17)14(2)7-11(16)9-4-5-9/h6,9,11,16H,4-5,7H2,1-3H3. The molecule has 1 aliphatic rings. The van der Waals surface area contributed by atoms with Crippen LogP contribution in [0.25, 0.3) is 0 Å². The average Bonchev–Trinajstić information content (AvgIpc) is 3.04. The highest BCUT2D eigenvalue weighted by molar-refractivity contribution is 5.92. The first-order chi connectivity index (χ1) is 7.99. The Morgan fingerprint density at radius 2 is 2.35 bits per heavy atom. The van der Waals surface area contributed by atoms with Crippen molar-refractivity contribution in [3.05, 3.63) is 17.5 Å². The maximum absolute atomic E-state index is 12.1. The smallest absolute Gasteiger partial charge is 0.271 e. The van der Waals surface area contributed by atoms with Crippen molar-refractivity contribution >= 4 is 5.91 Å². The number of likely N-dealkylation sites (N-methyl/N-ethyl adjacent to an activating group) is 1. The first-order valence-corrected chi connectivity index (χ1v) is 5.93. The number of amides is 1. The largest absolute Gasteiger partial charge is 0.391 e. The summed E-state index contributed by atoms with van der Waals surface area (Å²) in [6, 6.07) is 1.77. The molecule has 5 heteroatoms. The van der Waals surface area contributed by atoms with Crippen LogP contribution in [0.15, 0.2) is 6.07 Å². The molecule has 0 saturated heterocycles. The molecule has 1 amide bonds. The lowest BCUT2D eigenvalue weighted by Crippen LogP contribution is -2.36. The van der Waals surface area contributed by atoms with Crippen molar-refractivity contribution in [2.24, 2.45) is 13.0 Å². The van der Waals surface area contributed by atoms with Crippen molar-refractivity contribution in [1.82, 2.24) is 14.7 Å². The minimum atomic E-state index is -0.390. The Balaban J connectivity index is 2.01. The number of aliphatic hydroxyl groups excluding tert-OH is 1. The lowest BCUT2D eigenvalue weighted by atomic mass is 10.2. The van der Waals surface area contributed by atoms with Crippen molar-refractivity contribution in [1.29, 1.82) is 0 Å². The summed E-state index contributed by atoms with van der Waals surface area (Å²) in [4.78, 5) is 13.7. The van der Waals surface area contributed by atoms with E-state index in [1.165, 1.54) is 0 Å². The summed E-state index contributed by atoms with van der Waals surface area (Å²) in [6.07, 6.45) is 1.76. The molecule has 1 N–H and O–H groups in total. The summed E-state index contributed by atoms with van der Waals surface area (Å²) in [5.74, 6) is 0.298. The molecule has 1 aliphatic carbocycles. The predicted octanol–water partition coefficient (Wildman–Crippen LogP) is 0.571.